The minimum atomic E-state index is -0.178. The van der Waals surface area contributed by atoms with Crippen LogP contribution in [-0.4, -0.2) is 51.9 Å². The largest absolute Gasteiger partial charge is 0.466 e. The molecule has 2 fully saturated rings. The fourth-order valence-electron chi connectivity index (χ4n) is 5.28. The van der Waals surface area contributed by atoms with Crippen molar-refractivity contribution in [1.82, 2.24) is 9.47 Å². The maximum Gasteiger partial charge on any atom is 0.309 e. The van der Waals surface area contributed by atoms with Crippen LogP contribution < -0.4 is 10.5 Å². The number of carbonyl (C=O) groups excluding carboxylic acids is 2. The van der Waals surface area contributed by atoms with Gasteiger partial charge in [0.25, 0.3) is 11.5 Å². The number of aryl methyl sites for hydroxylation is 1. The monoisotopic (exact) mass is 561 g/mol. The molecule has 202 valence electrons. The van der Waals surface area contributed by atoms with E-state index in [-0.39, 0.29) is 23.4 Å². The Morgan fingerprint density at radius 1 is 1.08 bits per heavy atom. The number of thioether (sulfide) groups is 1. The number of fused-ring (bicyclic) bond motifs is 1. The smallest absolute Gasteiger partial charge is 0.309 e. The number of ether oxygens (including phenoxy) is 1. The van der Waals surface area contributed by atoms with Gasteiger partial charge >= 0.3 is 5.97 Å². The van der Waals surface area contributed by atoms with Crippen LogP contribution >= 0.6 is 24.0 Å². The molecule has 3 heterocycles. The van der Waals surface area contributed by atoms with Gasteiger partial charge in [0.2, 0.25) is 0 Å². The van der Waals surface area contributed by atoms with Crippen molar-refractivity contribution < 1.29 is 14.3 Å². The Morgan fingerprint density at radius 3 is 2.49 bits per heavy atom. The average molecular weight is 562 g/mol. The van der Waals surface area contributed by atoms with Crippen molar-refractivity contribution >= 4 is 62.8 Å². The predicted molar refractivity (Wildman–Crippen MR) is 161 cm³/mol. The van der Waals surface area contributed by atoms with Crippen LogP contribution in [0.5, 0.6) is 0 Å². The highest BCUT2D eigenvalue weighted by Gasteiger charge is 2.33. The molecule has 0 aliphatic carbocycles. The SMILES string of the molecule is CCOC(=O)C1CCN(c2c(C=C3SC(=S)N(CCc4ccccc4)C3=O)c(=O)n(C)c3ccccc23)CC1. The third-order valence-corrected chi connectivity index (χ3v) is 8.74. The van der Waals surface area contributed by atoms with Gasteiger partial charge in [-0.2, -0.15) is 0 Å². The van der Waals surface area contributed by atoms with Gasteiger partial charge in [-0.3, -0.25) is 19.3 Å². The van der Waals surface area contributed by atoms with E-state index in [0.717, 1.165) is 22.2 Å². The van der Waals surface area contributed by atoms with E-state index in [2.05, 4.69) is 4.90 Å². The molecule has 3 aromatic rings. The fraction of sp³-hybridized carbons (Fsp3) is 0.333. The number of thiocarbonyl (C=S) groups is 1. The first kappa shape index (κ1) is 27.1. The Morgan fingerprint density at radius 2 is 1.77 bits per heavy atom. The van der Waals surface area contributed by atoms with Crippen molar-refractivity contribution in [3.8, 4) is 0 Å². The van der Waals surface area contributed by atoms with Crippen LogP contribution in [0.3, 0.4) is 0 Å². The highest BCUT2D eigenvalue weighted by Crippen LogP contribution is 2.37. The Hall–Kier alpha value is -3.43. The maximum absolute atomic E-state index is 13.7. The lowest BCUT2D eigenvalue weighted by atomic mass is 9.95. The number of rotatable bonds is 7. The number of pyridine rings is 1. The Balaban J connectivity index is 1.49. The third-order valence-electron chi connectivity index (χ3n) is 7.36. The number of aromatic nitrogens is 1. The Kier molecular flexibility index (Phi) is 8.18. The number of hydrogen-bond donors (Lipinski definition) is 0. The molecule has 9 heteroatoms. The van der Waals surface area contributed by atoms with Crippen LogP contribution in [-0.2, 0) is 27.8 Å². The molecule has 2 aromatic carbocycles. The van der Waals surface area contributed by atoms with Crippen molar-refractivity contribution in [3.05, 3.63) is 81.0 Å². The van der Waals surface area contributed by atoms with Crippen LogP contribution in [0, 0.1) is 5.92 Å². The summed E-state index contributed by atoms with van der Waals surface area (Å²) in [5, 5.41) is 0.931. The zero-order valence-electron chi connectivity index (χ0n) is 22.1. The lowest BCUT2D eigenvalue weighted by Gasteiger charge is -2.34. The molecule has 5 rings (SSSR count). The zero-order chi connectivity index (χ0) is 27.5. The molecular formula is C30H31N3O4S2. The van der Waals surface area contributed by atoms with Crippen molar-refractivity contribution in [2.24, 2.45) is 13.0 Å². The molecule has 0 saturated carbocycles. The van der Waals surface area contributed by atoms with E-state index in [1.165, 1.54) is 11.8 Å². The quantitative estimate of drug-likeness (QED) is 0.234. The number of nitrogens with zero attached hydrogens (tertiary/aromatic N) is 3. The molecule has 0 spiro atoms. The fourth-order valence-corrected chi connectivity index (χ4v) is 6.57. The van der Waals surface area contributed by atoms with Gasteiger partial charge in [-0.1, -0.05) is 72.5 Å². The van der Waals surface area contributed by atoms with Crippen LogP contribution in [0.1, 0.15) is 30.9 Å². The van der Waals surface area contributed by atoms with Crippen molar-refractivity contribution in [3.63, 3.8) is 0 Å². The van der Waals surface area contributed by atoms with Crippen molar-refractivity contribution in [2.75, 3.05) is 31.1 Å². The average Bonchev–Trinajstić information content (AvgIpc) is 3.22. The first-order chi connectivity index (χ1) is 18.9. The van der Waals surface area contributed by atoms with E-state index in [0.29, 0.717) is 60.3 Å². The van der Waals surface area contributed by atoms with Crippen LogP contribution in [0.25, 0.3) is 17.0 Å². The number of benzene rings is 2. The summed E-state index contributed by atoms with van der Waals surface area (Å²) in [7, 11) is 1.75. The summed E-state index contributed by atoms with van der Waals surface area (Å²) in [4.78, 5) is 43.7. The van der Waals surface area contributed by atoms with Gasteiger partial charge in [-0.05, 0) is 43.9 Å². The molecule has 0 radical (unpaired) electrons. The van der Waals surface area contributed by atoms with Gasteiger partial charge in [0.15, 0.2) is 0 Å². The lowest BCUT2D eigenvalue weighted by molar-refractivity contribution is -0.148. The predicted octanol–water partition coefficient (Wildman–Crippen LogP) is 4.76. The third kappa shape index (κ3) is 5.51. The summed E-state index contributed by atoms with van der Waals surface area (Å²) in [6.07, 6.45) is 3.69. The summed E-state index contributed by atoms with van der Waals surface area (Å²) < 4.78 is 7.37. The van der Waals surface area contributed by atoms with E-state index in [1.54, 1.807) is 22.6 Å². The second kappa shape index (κ2) is 11.8. The zero-order valence-corrected chi connectivity index (χ0v) is 23.7. The molecule has 2 saturated heterocycles. The van der Waals surface area contributed by atoms with Crippen LogP contribution in [0.4, 0.5) is 5.69 Å². The molecule has 39 heavy (non-hydrogen) atoms. The van der Waals surface area contributed by atoms with E-state index in [4.69, 9.17) is 17.0 Å². The van der Waals surface area contributed by atoms with E-state index in [9.17, 15) is 14.4 Å². The summed E-state index contributed by atoms with van der Waals surface area (Å²) in [6.45, 7) is 3.89. The number of hydrogen-bond acceptors (Lipinski definition) is 7. The van der Waals surface area contributed by atoms with Crippen molar-refractivity contribution in [1.29, 1.82) is 0 Å². The first-order valence-electron chi connectivity index (χ1n) is 13.2. The molecular weight excluding hydrogens is 530 g/mol. The molecule has 0 bridgehead atoms. The molecule has 1 amide bonds. The molecule has 2 aliphatic rings. The molecule has 1 aromatic heterocycles. The van der Waals surface area contributed by atoms with Crippen molar-refractivity contribution in [2.45, 2.75) is 26.2 Å². The second-order valence-corrected chi connectivity index (χ2v) is 11.4. The molecule has 0 N–H and O–H groups in total. The Bertz CT molecular complexity index is 1510. The van der Waals surface area contributed by atoms with E-state index >= 15 is 0 Å². The van der Waals surface area contributed by atoms with E-state index < -0.39 is 0 Å². The van der Waals surface area contributed by atoms with Gasteiger partial charge in [0.1, 0.15) is 4.32 Å². The molecule has 7 nitrogen and oxygen atoms in total. The van der Waals surface area contributed by atoms with Gasteiger partial charge in [0.05, 0.1) is 34.2 Å². The van der Waals surface area contributed by atoms with Gasteiger partial charge in [-0.25, -0.2) is 0 Å². The molecule has 2 aliphatic heterocycles. The topological polar surface area (TPSA) is 71.8 Å². The summed E-state index contributed by atoms with van der Waals surface area (Å²) >= 11 is 6.81. The molecule has 0 atom stereocenters. The first-order valence-corrected chi connectivity index (χ1v) is 14.4. The normalized spacial score (nSPS) is 17.4. The minimum Gasteiger partial charge on any atom is -0.466 e. The Labute approximate surface area is 237 Å². The number of carbonyl (C=O) groups is 2. The molecule has 0 unspecified atom stereocenters. The highest BCUT2D eigenvalue weighted by atomic mass is 32.2. The number of para-hydroxylation sites is 1. The summed E-state index contributed by atoms with van der Waals surface area (Å²) in [5.41, 5.74) is 3.04. The maximum atomic E-state index is 13.7. The second-order valence-electron chi connectivity index (χ2n) is 9.73. The minimum absolute atomic E-state index is 0.150. The highest BCUT2D eigenvalue weighted by molar-refractivity contribution is 8.26. The van der Waals surface area contributed by atoms with Gasteiger partial charge < -0.3 is 14.2 Å². The number of anilines is 1. The number of esters is 1. The number of piperidine rings is 1. The lowest BCUT2D eigenvalue weighted by Crippen LogP contribution is -2.38. The summed E-state index contributed by atoms with van der Waals surface area (Å²) in [6, 6.07) is 17.8. The van der Waals surface area contributed by atoms with Gasteiger partial charge in [-0.15, -0.1) is 0 Å². The van der Waals surface area contributed by atoms with Crippen LogP contribution in [0.15, 0.2) is 64.3 Å². The van der Waals surface area contributed by atoms with E-state index in [1.807, 2.05) is 61.5 Å². The standard InChI is InChI=1S/C30H31N3O4S2/c1-3-37-29(36)21-14-16-32(17-15-21)26-22-11-7-8-12-24(22)31(2)27(34)23(26)19-25-28(35)33(30(38)39-25)18-13-20-9-5-4-6-10-20/h4-12,19,21H,3,13-18H2,1-2H3. The van der Waals surface area contributed by atoms with Crippen LogP contribution in [0.2, 0.25) is 0 Å². The van der Waals surface area contributed by atoms with Gasteiger partial charge in [0, 0.05) is 32.1 Å². The number of amides is 1. The summed E-state index contributed by atoms with van der Waals surface area (Å²) in [5.74, 6) is -0.489.